The van der Waals surface area contributed by atoms with Crippen LogP contribution in [0.15, 0.2) is 12.3 Å². The molecule has 0 saturated heterocycles. The SMILES string of the molecule is CCCCCCCCCCC=CNCC(C)C. The molecule has 0 fully saturated rings. The Morgan fingerprint density at radius 1 is 0.882 bits per heavy atom. The van der Waals surface area contributed by atoms with Gasteiger partial charge in [0.2, 0.25) is 0 Å². The summed E-state index contributed by atoms with van der Waals surface area (Å²) >= 11 is 0. The number of unbranched alkanes of at least 4 members (excludes halogenated alkanes) is 8. The van der Waals surface area contributed by atoms with Crippen molar-refractivity contribution in [2.45, 2.75) is 78.6 Å². The average Bonchev–Trinajstić information content (AvgIpc) is 2.30. The summed E-state index contributed by atoms with van der Waals surface area (Å²) < 4.78 is 0. The van der Waals surface area contributed by atoms with Crippen LogP contribution in [0.2, 0.25) is 0 Å². The fourth-order valence-corrected chi connectivity index (χ4v) is 1.87. The topological polar surface area (TPSA) is 12.0 Å². The molecule has 0 aromatic rings. The maximum absolute atomic E-state index is 3.33. The van der Waals surface area contributed by atoms with Gasteiger partial charge in [0.05, 0.1) is 0 Å². The molecular formula is C16H33N. The maximum atomic E-state index is 3.33. The second kappa shape index (κ2) is 13.6. The van der Waals surface area contributed by atoms with Gasteiger partial charge in [0.25, 0.3) is 0 Å². The molecule has 0 atom stereocenters. The van der Waals surface area contributed by atoms with Crippen LogP contribution < -0.4 is 5.32 Å². The minimum Gasteiger partial charge on any atom is -0.391 e. The second-order valence-electron chi connectivity index (χ2n) is 5.47. The molecule has 0 spiro atoms. The van der Waals surface area contributed by atoms with E-state index < -0.39 is 0 Å². The van der Waals surface area contributed by atoms with Crippen LogP contribution in [-0.2, 0) is 0 Å². The van der Waals surface area contributed by atoms with Gasteiger partial charge in [-0.05, 0) is 25.0 Å². The summed E-state index contributed by atoms with van der Waals surface area (Å²) in [7, 11) is 0. The van der Waals surface area contributed by atoms with Crippen molar-refractivity contribution in [3.8, 4) is 0 Å². The van der Waals surface area contributed by atoms with Crippen molar-refractivity contribution in [2.75, 3.05) is 6.54 Å². The molecule has 0 aromatic carbocycles. The van der Waals surface area contributed by atoms with E-state index in [1.165, 1.54) is 57.8 Å². The fraction of sp³-hybridized carbons (Fsp3) is 0.875. The minimum absolute atomic E-state index is 0.739. The molecule has 0 aliphatic heterocycles. The summed E-state index contributed by atoms with van der Waals surface area (Å²) in [5.74, 6) is 0.739. The summed E-state index contributed by atoms with van der Waals surface area (Å²) in [6.07, 6.45) is 16.9. The summed E-state index contributed by atoms with van der Waals surface area (Å²) in [5, 5.41) is 3.33. The van der Waals surface area contributed by atoms with Gasteiger partial charge in [0, 0.05) is 6.54 Å². The lowest BCUT2D eigenvalue weighted by Gasteiger charge is -2.03. The smallest absolute Gasteiger partial charge is 0.0164 e. The Morgan fingerprint density at radius 3 is 2.06 bits per heavy atom. The van der Waals surface area contributed by atoms with Crippen LogP contribution in [0.25, 0.3) is 0 Å². The molecule has 0 aliphatic carbocycles. The largest absolute Gasteiger partial charge is 0.391 e. The first kappa shape index (κ1) is 16.5. The predicted molar refractivity (Wildman–Crippen MR) is 79.2 cm³/mol. The highest BCUT2D eigenvalue weighted by atomic mass is 14.8. The highest BCUT2D eigenvalue weighted by molar-refractivity contribution is 4.79. The summed E-state index contributed by atoms with van der Waals surface area (Å²) in [6, 6.07) is 0. The molecule has 0 unspecified atom stereocenters. The van der Waals surface area contributed by atoms with E-state index in [4.69, 9.17) is 0 Å². The molecule has 0 amide bonds. The summed E-state index contributed by atoms with van der Waals surface area (Å²) in [4.78, 5) is 0. The van der Waals surface area contributed by atoms with E-state index in [1.54, 1.807) is 0 Å². The van der Waals surface area contributed by atoms with E-state index >= 15 is 0 Å². The lowest BCUT2D eigenvalue weighted by molar-refractivity contribution is 0.576. The molecule has 1 N–H and O–H groups in total. The Bertz CT molecular complexity index is 161. The van der Waals surface area contributed by atoms with Crippen molar-refractivity contribution in [3.63, 3.8) is 0 Å². The second-order valence-corrected chi connectivity index (χ2v) is 5.47. The van der Waals surface area contributed by atoms with Gasteiger partial charge < -0.3 is 5.32 Å². The van der Waals surface area contributed by atoms with Crippen molar-refractivity contribution < 1.29 is 0 Å². The minimum atomic E-state index is 0.739. The van der Waals surface area contributed by atoms with Crippen molar-refractivity contribution in [3.05, 3.63) is 12.3 Å². The molecule has 0 heterocycles. The Morgan fingerprint density at radius 2 is 1.47 bits per heavy atom. The molecule has 0 aromatic heterocycles. The molecule has 1 nitrogen and oxygen atoms in total. The van der Waals surface area contributed by atoms with Crippen molar-refractivity contribution in [1.29, 1.82) is 0 Å². The average molecular weight is 239 g/mol. The first-order valence-corrected chi connectivity index (χ1v) is 7.65. The summed E-state index contributed by atoms with van der Waals surface area (Å²) in [5.41, 5.74) is 0. The van der Waals surface area contributed by atoms with Gasteiger partial charge in [-0.15, -0.1) is 0 Å². The van der Waals surface area contributed by atoms with Gasteiger partial charge >= 0.3 is 0 Å². The zero-order valence-corrected chi connectivity index (χ0v) is 12.3. The lowest BCUT2D eigenvalue weighted by atomic mass is 10.1. The van der Waals surface area contributed by atoms with Gasteiger partial charge in [-0.1, -0.05) is 71.8 Å². The van der Waals surface area contributed by atoms with Gasteiger partial charge in [-0.25, -0.2) is 0 Å². The van der Waals surface area contributed by atoms with Crippen LogP contribution in [-0.4, -0.2) is 6.54 Å². The zero-order chi connectivity index (χ0) is 12.8. The zero-order valence-electron chi connectivity index (χ0n) is 12.3. The number of hydrogen-bond acceptors (Lipinski definition) is 1. The molecule has 0 rings (SSSR count). The van der Waals surface area contributed by atoms with Crippen molar-refractivity contribution >= 4 is 0 Å². The molecule has 0 aliphatic rings. The van der Waals surface area contributed by atoms with E-state index in [-0.39, 0.29) is 0 Å². The van der Waals surface area contributed by atoms with Crippen LogP contribution in [0.1, 0.15) is 78.6 Å². The predicted octanol–water partition coefficient (Wildman–Crippen LogP) is 5.28. The van der Waals surface area contributed by atoms with E-state index in [0.717, 1.165) is 12.5 Å². The fourth-order valence-electron chi connectivity index (χ4n) is 1.87. The van der Waals surface area contributed by atoms with E-state index in [1.807, 2.05) is 0 Å². The molecule has 0 radical (unpaired) electrons. The van der Waals surface area contributed by atoms with Crippen molar-refractivity contribution in [1.82, 2.24) is 5.32 Å². The number of nitrogens with one attached hydrogen (secondary N) is 1. The highest BCUT2D eigenvalue weighted by Gasteiger charge is 1.90. The van der Waals surface area contributed by atoms with Crippen LogP contribution in [0.3, 0.4) is 0 Å². The summed E-state index contributed by atoms with van der Waals surface area (Å²) in [6.45, 7) is 7.84. The maximum Gasteiger partial charge on any atom is 0.0164 e. The third kappa shape index (κ3) is 15.5. The molecule has 0 saturated carbocycles. The third-order valence-electron chi connectivity index (χ3n) is 2.99. The van der Waals surface area contributed by atoms with Gasteiger partial charge in [0.15, 0.2) is 0 Å². The first-order valence-electron chi connectivity index (χ1n) is 7.65. The van der Waals surface area contributed by atoms with Gasteiger partial charge in [0.1, 0.15) is 0 Å². The van der Waals surface area contributed by atoms with Gasteiger partial charge in [-0.3, -0.25) is 0 Å². The Hall–Kier alpha value is -0.460. The van der Waals surface area contributed by atoms with E-state index in [9.17, 15) is 0 Å². The van der Waals surface area contributed by atoms with Crippen LogP contribution in [0.4, 0.5) is 0 Å². The Balaban J connectivity index is 3.02. The van der Waals surface area contributed by atoms with Gasteiger partial charge in [-0.2, -0.15) is 0 Å². The third-order valence-corrected chi connectivity index (χ3v) is 2.99. The highest BCUT2D eigenvalue weighted by Crippen LogP contribution is 2.09. The van der Waals surface area contributed by atoms with Crippen molar-refractivity contribution in [2.24, 2.45) is 5.92 Å². The van der Waals surface area contributed by atoms with E-state index in [2.05, 4.69) is 38.4 Å². The lowest BCUT2D eigenvalue weighted by Crippen LogP contribution is -2.12. The number of allylic oxidation sites excluding steroid dienone is 1. The molecule has 17 heavy (non-hydrogen) atoms. The standard InChI is InChI=1S/C16H33N/c1-4-5-6-7-8-9-10-11-12-13-14-17-15-16(2)3/h13-14,16-17H,4-12,15H2,1-3H3. The number of hydrogen-bond donors (Lipinski definition) is 1. The van der Waals surface area contributed by atoms with Crippen LogP contribution >= 0.6 is 0 Å². The molecule has 0 bridgehead atoms. The van der Waals surface area contributed by atoms with E-state index in [0.29, 0.717) is 0 Å². The Kier molecular flexibility index (Phi) is 13.2. The molecule has 102 valence electrons. The molecule has 1 heteroatoms. The normalized spacial score (nSPS) is 11.5. The van der Waals surface area contributed by atoms with Crippen LogP contribution in [0.5, 0.6) is 0 Å². The van der Waals surface area contributed by atoms with Crippen LogP contribution in [0, 0.1) is 5.92 Å². The Labute approximate surface area is 109 Å². The quantitative estimate of drug-likeness (QED) is 0.457. The number of rotatable bonds is 12. The first-order chi connectivity index (χ1) is 8.27. The monoisotopic (exact) mass is 239 g/mol. The molecular weight excluding hydrogens is 206 g/mol.